The molecule has 3 rings (SSSR count). The van der Waals surface area contributed by atoms with Crippen LogP contribution in [0.3, 0.4) is 0 Å². The second-order valence-corrected chi connectivity index (χ2v) is 6.18. The molecule has 0 aliphatic carbocycles. The standard InChI is InChI=1S/C21H15N3O7/c25-19(22-15-4-1-3-14(12-15)21(27)28)17(23-20(26)18-5-2-10-31-18)11-13-6-8-16(9-7-13)24(29)30/h1-12H,(H,22,25)(H,23,26)(H,27,28). The summed E-state index contributed by atoms with van der Waals surface area (Å²) in [4.78, 5) is 46.5. The fraction of sp³-hybridized carbons (Fsp3) is 0. The number of carboxylic acids is 1. The average molecular weight is 421 g/mol. The van der Waals surface area contributed by atoms with Crippen LogP contribution in [-0.4, -0.2) is 27.8 Å². The smallest absolute Gasteiger partial charge is 0.335 e. The van der Waals surface area contributed by atoms with E-state index in [1.165, 1.54) is 73.0 Å². The highest BCUT2D eigenvalue weighted by Crippen LogP contribution is 2.16. The van der Waals surface area contributed by atoms with Gasteiger partial charge in [0.05, 0.1) is 16.7 Å². The quantitative estimate of drug-likeness (QED) is 0.301. The van der Waals surface area contributed by atoms with Crippen LogP contribution in [0, 0.1) is 10.1 Å². The predicted octanol–water partition coefficient (Wildman–Crippen LogP) is 3.30. The van der Waals surface area contributed by atoms with E-state index < -0.39 is 22.7 Å². The first kappa shape index (κ1) is 21.0. The number of carbonyl (C=O) groups excluding carboxylic acids is 2. The molecule has 0 spiro atoms. The molecular formula is C21H15N3O7. The summed E-state index contributed by atoms with van der Waals surface area (Å²) in [5.41, 5.74) is 0.268. The molecule has 2 amide bonds. The fourth-order valence-electron chi connectivity index (χ4n) is 2.54. The van der Waals surface area contributed by atoms with Gasteiger partial charge in [0, 0.05) is 17.8 Å². The van der Waals surface area contributed by atoms with Crippen molar-refractivity contribution in [3.05, 3.63) is 99.6 Å². The Morgan fingerprint density at radius 1 is 1.03 bits per heavy atom. The lowest BCUT2D eigenvalue weighted by Gasteiger charge is -2.11. The van der Waals surface area contributed by atoms with Crippen molar-refractivity contribution in [1.29, 1.82) is 0 Å². The second-order valence-electron chi connectivity index (χ2n) is 6.18. The van der Waals surface area contributed by atoms with Crippen LogP contribution in [0.25, 0.3) is 6.08 Å². The van der Waals surface area contributed by atoms with Crippen molar-refractivity contribution >= 4 is 35.2 Å². The Morgan fingerprint density at radius 2 is 1.77 bits per heavy atom. The topological polar surface area (TPSA) is 152 Å². The highest BCUT2D eigenvalue weighted by molar-refractivity contribution is 6.10. The molecule has 10 nitrogen and oxygen atoms in total. The van der Waals surface area contributed by atoms with Gasteiger partial charge in [-0.1, -0.05) is 6.07 Å². The average Bonchev–Trinajstić information content (AvgIpc) is 3.29. The molecule has 0 radical (unpaired) electrons. The summed E-state index contributed by atoms with van der Waals surface area (Å²) in [6, 6.07) is 13.8. The fourth-order valence-corrected chi connectivity index (χ4v) is 2.54. The van der Waals surface area contributed by atoms with Crippen LogP contribution in [0.2, 0.25) is 0 Å². The number of furan rings is 1. The first-order valence-electron chi connectivity index (χ1n) is 8.79. The van der Waals surface area contributed by atoms with Gasteiger partial charge in [0.25, 0.3) is 17.5 Å². The summed E-state index contributed by atoms with van der Waals surface area (Å²) >= 11 is 0. The van der Waals surface area contributed by atoms with Crippen LogP contribution >= 0.6 is 0 Å². The third-order valence-electron chi connectivity index (χ3n) is 4.02. The van der Waals surface area contributed by atoms with Gasteiger partial charge >= 0.3 is 5.97 Å². The summed E-state index contributed by atoms with van der Waals surface area (Å²) in [6.07, 6.45) is 2.62. The molecule has 0 fully saturated rings. The van der Waals surface area contributed by atoms with Crippen LogP contribution in [0.1, 0.15) is 26.5 Å². The van der Waals surface area contributed by atoms with Crippen molar-refractivity contribution in [1.82, 2.24) is 5.32 Å². The van der Waals surface area contributed by atoms with Crippen LogP contribution in [0.4, 0.5) is 11.4 Å². The second kappa shape index (κ2) is 9.18. The molecule has 0 aliphatic heterocycles. The zero-order valence-corrected chi connectivity index (χ0v) is 15.8. The number of non-ortho nitro benzene ring substituents is 1. The molecule has 0 atom stereocenters. The molecule has 0 saturated heterocycles. The van der Waals surface area contributed by atoms with Crippen LogP contribution in [0.5, 0.6) is 0 Å². The minimum absolute atomic E-state index is 0.0293. The van der Waals surface area contributed by atoms with Crippen molar-refractivity contribution in [2.24, 2.45) is 0 Å². The summed E-state index contributed by atoms with van der Waals surface area (Å²) in [5, 5.41) is 24.9. The molecule has 156 valence electrons. The summed E-state index contributed by atoms with van der Waals surface area (Å²) in [6.45, 7) is 0. The number of nitrogens with zero attached hydrogens (tertiary/aromatic N) is 1. The van der Waals surface area contributed by atoms with E-state index in [2.05, 4.69) is 10.6 Å². The number of carboxylic acid groups (broad SMARTS) is 1. The van der Waals surface area contributed by atoms with Crippen molar-refractivity contribution in [2.75, 3.05) is 5.32 Å². The van der Waals surface area contributed by atoms with Crippen LogP contribution in [0.15, 0.2) is 77.0 Å². The number of hydrogen-bond donors (Lipinski definition) is 3. The molecule has 3 N–H and O–H groups in total. The van der Waals surface area contributed by atoms with Crippen molar-refractivity contribution in [3.63, 3.8) is 0 Å². The summed E-state index contributed by atoms with van der Waals surface area (Å²) in [5.74, 6) is -2.62. The van der Waals surface area contributed by atoms with Crippen molar-refractivity contribution in [3.8, 4) is 0 Å². The lowest BCUT2D eigenvalue weighted by atomic mass is 10.1. The minimum Gasteiger partial charge on any atom is -0.478 e. The Morgan fingerprint density at radius 3 is 2.39 bits per heavy atom. The molecular weight excluding hydrogens is 406 g/mol. The maximum Gasteiger partial charge on any atom is 0.335 e. The molecule has 0 aliphatic rings. The first-order valence-corrected chi connectivity index (χ1v) is 8.79. The molecule has 10 heteroatoms. The number of nitro groups is 1. The van der Waals surface area contributed by atoms with E-state index in [4.69, 9.17) is 9.52 Å². The lowest BCUT2D eigenvalue weighted by Crippen LogP contribution is -2.30. The molecule has 1 aromatic heterocycles. The SMILES string of the molecule is O=C(Nc1cccc(C(=O)O)c1)C(=Cc1ccc([N+](=O)[O-])cc1)NC(=O)c1ccco1. The first-order chi connectivity index (χ1) is 14.8. The Bertz CT molecular complexity index is 1170. The number of hydrogen-bond acceptors (Lipinski definition) is 6. The summed E-state index contributed by atoms with van der Waals surface area (Å²) in [7, 11) is 0. The van der Waals surface area contributed by atoms with Crippen molar-refractivity contribution in [2.45, 2.75) is 0 Å². The number of benzene rings is 2. The van der Waals surface area contributed by atoms with Gasteiger partial charge in [-0.05, 0) is 54.1 Å². The molecule has 0 saturated carbocycles. The number of carbonyl (C=O) groups is 3. The van der Waals surface area contributed by atoms with E-state index in [1.807, 2.05) is 0 Å². The Labute approximate surface area is 175 Å². The lowest BCUT2D eigenvalue weighted by molar-refractivity contribution is -0.384. The normalized spacial score (nSPS) is 10.9. The van der Waals surface area contributed by atoms with Gasteiger partial charge < -0.3 is 20.2 Å². The number of aromatic carboxylic acids is 1. The van der Waals surface area contributed by atoms with E-state index in [0.717, 1.165) is 0 Å². The van der Waals surface area contributed by atoms with E-state index >= 15 is 0 Å². The third kappa shape index (κ3) is 5.41. The van der Waals surface area contributed by atoms with E-state index in [9.17, 15) is 24.5 Å². The highest BCUT2D eigenvalue weighted by Gasteiger charge is 2.17. The number of nitrogens with one attached hydrogen (secondary N) is 2. The number of rotatable bonds is 7. The van der Waals surface area contributed by atoms with Crippen LogP contribution < -0.4 is 10.6 Å². The maximum atomic E-state index is 12.8. The van der Waals surface area contributed by atoms with Gasteiger partial charge in [-0.25, -0.2) is 4.79 Å². The number of anilines is 1. The zero-order valence-electron chi connectivity index (χ0n) is 15.8. The highest BCUT2D eigenvalue weighted by atomic mass is 16.6. The minimum atomic E-state index is -1.16. The molecule has 0 unspecified atom stereocenters. The predicted molar refractivity (Wildman–Crippen MR) is 109 cm³/mol. The van der Waals surface area contributed by atoms with Gasteiger partial charge in [-0.15, -0.1) is 0 Å². The largest absolute Gasteiger partial charge is 0.478 e. The third-order valence-corrected chi connectivity index (χ3v) is 4.02. The van der Waals surface area contributed by atoms with E-state index in [-0.39, 0.29) is 28.4 Å². The van der Waals surface area contributed by atoms with Gasteiger partial charge in [0.2, 0.25) is 0 Å². The molecule has 31 heavy (non-hydrogen) atoms. The monoisotopic (exact) mass is 421 g/mol. The Balaban J connectivity index is 1.89. The molecule has 1 heterocycles. The Hall–Kier alpha value is -4.73. The van der Waals surface area contributed by atoms with Gasteiger partial charge in [-0.3, -0.25) is 19.7 Å². The molecule has 2 aromatic carbocycles. The van der Waals surface area contributed by atoms with Gasteiger partial charge in [0.15, 0.2) is 5.76 Å². The number of amides is 2. The van der Waals surface area contributed by atoms with Gasteiger partial charge in [-0.2, -0.15) is 0 Å². The zero-order chi connectivity index (χ0) is 22.4. The summed E-state index contributed by atoms with van der Waals surface area (Å²) < 4.78 is 5.02. The Kier molecular flexibility index (Phi) is 6.21. The molecule has 0 bridgehead atoms. The van der Waals surface area contributed by atoms with E-state index in [1.54, 1.807) is 0 Å². The molecule has 3 aromatic rings. The van der Waals surface area contributed by atoms with Gasteiger partial charge in [0.1, 0.15) is 5.70 Å². The number of nitro benzene ring substituents is 1. The van der Waals surface area contributed by atoms with E-state index in [0.29, 0.717) is 5.56 Å². The maximum absolute atomic E-state index is 12.8. The van der Waals surface area contributed by atoms with Crippen LogP contribution in [-0.2, 0) is 4.79 Å². The van der Waals surface area contributed by atoms with Crippen molar-refractivity contribution < 1.29 is 28.8 Å².